The molecule has 0 fully saturated rings. The highest BCUT2D eigenvalue weighted by molar-refractivity contribution is 5.90. The molecule has 2 aromatic rings. The maximum atomic E-state index is 12.0. The Labute approximate surface area is 118 Å². The number of hydrogen-bond acceptors (Lipinski definition) is 3. The highest BCUT2D eigenvalue weighted by atomic mass is 16.1. The van der Waals surface area contributed by atoms with E-state index in [-0.39, 0.29) is 5.91 Å². The predicted molar refractivity (Wildman–Crippen MR) is 77.7 cm³/mol. The summed E-state index contributed by atoms with van der Waals surface area (Å²) in [6.45, 7) is 7.86. The second kappa shape index (κ2) is 5.48. The van der Waals surface area contributed by atoms with E-state index in [0.29, 0.717) is 18.7 Å². The average Bonchev–Trinajstić information content (AvgIpc) is 2.82. The summed E-state index contributed by atoms with van der Waals surface area (Å²) >= 11 is 0. The van der Waals surface area contributed by atoms with Gasteiger partial charge in [-0.3, -0.25) is 14.6 Å². The van der Waals surface area contributed by atoms with Crippen molar-refractivity contribution in [2.24, 2.45) is 7.05 Å². The summed E-state index contributed by atoms with van der Waals surface area (Å²) in [5.41, 5.74) is 5.20. The van der Waals surface area contributed by atoms with Crippen LogP contribution in [0.15, 0.2) is 0 Å². The zero-order valence-electron chi connectivity index (χ0n) is 12.7. The molecule has 0 aromatic carbocycles. The van der Waals surface area contributed by atoms with Crippen molar-refractivity contribution in [3.63, 3.8) is 0 Å². The summed E-state index contributed by atoms with van der Waals surface area (Å²) in [5, 5.41) is 14.1. The van der Waals surface area contributed by atoms with Crippen molar-refractivity contribution in [3.8, 4) is 0 Å². The van der Waals surface area contributed by atoms with Crippen molar-refractivity contribution in [2.75, 3.05) is 5.32 Å². The summed E-state index contributed by atoms with van der Waals surface area (Å²) in [4.78, 5) is 12.0. The molecule has 2 heterocycles. The number of carbonyl (C=O) groups excluding carboxylic acids is 1. The lowest BCUT2D eigenvalue weighted by molar-refractivity contribution is -0.116. The van der Waals surface area contributed by atoms with Crippen molar-refractivity contribution in [2.45, 2.75) is 40.5 Å². The minimum Gasteiger partial charge on any atom is -0.309 e. The second-order valence-corrected chi connectivity index (χ2v) is 5.14. The topological polar surface area (TPSA) is 75.6 Å². The number of carbonyl (C=O) groups is 1. The smallest absolute Gasteiger partial charge is 0.225 e. The Balaban J connectivity index is 1.97. The summed E-state index contributed by atoms with van der Waals surface area (Å²) in [6, 6.07) is 0. The van der Waals surface area contributed by atoms with Crippen LogP contribution in [0.5, 0.6) is 0 Å². The van der Waals surface area contributed by atoms with Gasteiger partial charge in [0.05, 0.1) is 5.69 Å². The fourth-order valence-electron chi connectivity index (χ4n) is 2.22. The van der Waals surface area contributed by atoms with Crippen LogP contribution in [0, 0.1) is 27.7 Å². The van der Waals surface area contributed by atoms with Gasteiger partial charge in [-0.25, -0.2) is 0 Å². The van der Waals surface area contributed by atoms with Crippen LogP contribution in [0.4, 0.5) is 5.82 Å². The Morgan fingerprint density at radius 3 is 2.50 bits per heavy atom. The lowest BCUT2D eigenvalue weighted by Gasteiger charge is -2.04. The molecular formula is C14H21N5O. The number of H-pyrrole nitrogens is 1. The van der Waals surface area contributed by atoms with Gasteiger partial charge in [0.25, 0.3) is 0 Å². The number of rotatable bonds is 4. The Morgan fingerprint density at radius 1 is 1.30 bits per heavy atom. The van der Waals surface area contributed by atoms with E-state index in [2.05, 4.69) is 20.6 Å². The minimum atomic E-state index is -0.0257. The SMILES string of the molecule is Cc1nn(C)c(C)c1CCC(=O)Nc1n[nH]c(C)c1C. The summed E-state index contributed by atoms with van der Waals surface area (Å²) in [5.74, 6) is 0.592. The molecule has 0 bridgehead atoms. The zero-order valence-corrected chi connectivity index (χ0v) is 12.7. The molecule has 2 N–H and O–H groups in total. The zero-order chi connectivity index (χ0) is 14.9. The van der Waals surface area contributed by atoms with E-state index in [1.54, 1.807) is 0 Å². The van der Waals surface area contributed by atoms with E-state index < -0.39 is 0 Å². The van der Waals surface area contributed by atoms with E-state index in [1.165, 1.54) is 0 Å². The first-order chi connectivity index (χ1) is 9.40. The van der Waals surface area contributed by atoms with Crippen LogP contribution in [0.3, 0.4) is 0 Å². The van der Waals surface area contributed by atoms with Gasteiger partial charge in [-0.15, -0.1) is 0 Å². The summed E-state index contributed by atoms with van der Waals surface area (Å²) in [7, 11) is 1.92. The summed E-state index contributed by atoms with van der Waals surface area (Å²) < 4.78 is 1.85. The Morgan fingerprint density at radius 2 is 2.00 bits per heavy atom. The van der Waals surface area contributed by atoms with E-state index in [9.17, 15) is 4.79 Å². The molecule has 6 nitrogen and oxygen atoms in total. The molecule has 0 unspecified atom stereocenters. The Bertz CT molecular complexity index is 638. The standard InChI is InChI=1S/C14H21N5O/c1-8-9(2)16-17-14(8)15-13(20)7-6-12-10(3)18-19(5)11(12)4/h6-7H2,1-5H3,(H2,15,16,17,20). The lowest BCUT2D eigenvalue weighted by Crippen LogP contribution is -2.13. The maximum absolute atomic E-state index is 12.0. The minimum absolute atomic E-state index is 0.0257. The molecule has 6 heteroatoms. The van der Waals surface area contributed by atoms with Crippen LogP contribution in [0.1, 0.15) is 34.6 Å². The third kappa shape index (κ3) is 2.74. The molecule has 0 atom stereocenters. The normalized spacial score (nSPS) is 10.8. The average molecular weight is 275 g/mol. The molecule has 0 saturated carbocycles. The van der Waals surface area contributed by atoms with Crippen molar-refractivity contribution in [1.82, 2.24) is 20.0 Å². The molecule has 1 amide bonds. The molecule has 0 saturated heterocycles. The number of amides is 1. The molecule has 2 rings (SSSR count). The van der Waals surface area contributed by atoms with Gasteiger partial charge in [0, 0.05) is 30.4 Å². The van der Waals surface area contributed by atoms with Crippen LogP contribution < -0.4 is 5.32 Å². The van der Waals surface area contributed by atoms with Gasteiger partial charge in [-0.05, 0) is 39.7 Å². The van der Waals surface area contributed by atoms with E-state index >= 15 is 0 Å². The van der Waals surface area contributed by atoms with Crippen molar-refractivity contribution in [1.29, 1.82) is 0 Å². The van der Waals surface area contributed by atoms with Gasteiger partial charge in [0.2, 0.25) is 5.91 Å². The monoisotopic (exact) mass is 275 g/mol. The van der Waals surface area contributed by atoms with E-state index in [4.69, 9.17) is 0 Å². The van der Waals surface area contributed by atoms with Crippen LogP contribution >= 0.6 is 0 Å². The van der Waals surface area contributed by atoms with Gasteiger partial charge < -0.3 is 5.32 Å². The first-order valence-corrected chi connectivity index (χ1v) is 6.70. The third-order valence-corrected chi connectivity index (χ3v) is 3.77. The van der Waals surface area contributed by atoms with Gasteiger partial charge in [-0.1, -0.05) is 0 Å². The molecule has 0 aliphatic carbocycles. The second-order valence-electron chi connectivity index (χ2n) is 5.14. The molecular weight excluding hydrogens is 254 g/mol. The highest BCUT2D eigenvalue weighted by Gasteiger charge is 2.13. The van der Waals surface area contributed by atoms with Gasteiger partial charge in [0.1, 0.15) is 0 Å². The molecule has 0 radical (unpaired) electrons. The van der Waals surface area contributed by atoms with E-state index in [0.717, 1.165) is 28.2 Å². The van der Waals surface area contributed by atoms with Gasteiger partial charge >= 0.3 is 0 Å². The fourth-order valence-corrected chi connectivity index (χ4v) is 2.22. The number of hydrogen-bond donors (Lipinski definition) is 2. The molecule has 2 aromatic heterocycles. The Hall–Kier alpha value is -2.11. The molecule has 0 spiro atoms. The largest absolute Gasteiger partial charge is 0.309 e. The van der Waals surface area contributed by atoms with Crippen molar-refractivity contribution < 1.29 is 4.79 Å². The lowest BCUT2D eigenvalue weighted by atomic mass is 10.1. The van der Waals surface area contributed by atoms with Crippen molar-refractivity contribution >= 4 is 11.7 Å². The van der Waals surface area contributed by atoms with Crippen LogP contribution in [0.2, 0.25) is 0 Å². The number of aromatic amines is 1. The first kappa shape index (κ1) is 14.3. The van der Waals surface area contributed by atoms with Crippen molar-refractivity contribution in [3.05, 3.63) is 28.2 Å². The van der Waals surface area contributed by atoms with Crippen LogP contribution in [0.25, 0.3) is 0 Å². The number of anilines is 1. The van der Waals surface area contributed by atoms with Gasteiger partial charge in [0.15, 0.2) is 5.82 Å². The van der Waals surface area contributed by atoms with Crippen LogP contribution in [-0.2, 0) is 18.3 Å². The first-order valence-electron chi connectivity index (χ1n) is 6.70. The highest BCUT2D eigenvalue weighted by Crippen LogP contribution is 2.16. The quantitative estimate of drug-likeness (QED) is 0.895. The number of aromatic nitrogens is 4. The molecule has 0 aliphatic heterocycles. The molecule has 20 heavy (non-hydrogen) atoms. The predicted octanol–water partition coefficient (Wildman–Crippen LogP) is 1.95. The van der Waals surface area contributed by atoms with E-state index in [1.807, 2.05) is 39.4 Å². The summed E-state index contributed by atoms with van der Waals surface area (Å²) in [6.07, 6.45) is 1.12. The van der Waals surface area contributed by atoms with Gasteiger partial charge in [-0.2, -0.15) is 10.2 Å². The third-order valence-electron chi connectivity index (χ3n) is 3.77. The number of nitrogens with zero attached hydrogens (tertiary/aromatic N) is 3. The fraction of sp³-hybridized carbons (Fsp3) is 0.500. The molecule has 108 valence electrons. The number of nitrogens with one attached hydrogen (secondary N) is 2. The van der Waals surface area contributed by atoms with Crippen LogP contribution in [-0.4, -0.2) is 25.9 Å². The number of aryl methyl sites for hydroxylation is 3. The molecule has 0 aliphatic rings. The maximum Gasteiger partial charge on any atom is 0.225 e. The Kier molecular flexibility index (Phi) is 3.92.